The maximum atomic E-state index is 11.1. The van der Waals surface area contributed by atoms with E-state index in [1.165, 1.54) is 78.3 Å². The van der Waals surface area contributed by atoms with Crippen LogP contribution in [0.5, 0.6) is 0 Å². The lowest BCUT2D eigenvalue weighted by Crippen LogP contribution is -2.18. The molecule has 0 amide bonds. The molecule has 0 spiro atoms. The highest BCUT2D eigenvalue weighted by Crippen LogP contribution is 2.38. The van der Waals surface area contributed by atoms with E-state index in [0.29, 0.717) is 5.92 Å². The van der Waals surface area contributed by atoms with Crippen molar-refractivity contribution in [1.29, 1.82) is 0 Å². The van der Waals surface area contributed by atoms with Crippen molar-refractivity contribution in [3.8, 4) is 0 Å². The molecule has 0 aliphatic heterocycles. The van der Waals surface area contributed by atoms with Crippen LogP contribution in [0.25, 0.3) is 0 Å². The maximum Gasteiger partial charge on any atom is 0.0823 e. The molecule has 0 heterocycles. The molecule has 1 aliphatic carbocycles. The van der Waals surface area contributed by atoms with E-state index in [-0.39, 0.29) is 6.10 Å². The molecule has 1 aromatic carbocycles. The smallest absolute Gasteiger partial charge is 0.0823 e. The van der Waals surface area contributed by atoms with Gasteiger partial charge in [-0.05, 0) is 86.8 Å². The Bertz CT molecular complexity index is 464. The van der Waals surface area contributed by atoms with E-state index >= 15 is 0 Å². The predicted molar refractivity (Wildman–Crippen MR) is 90.9 cm³/mol. The zero-order chi connectivity index (χ0) is 15.6. The average molecular weight is 288 g/mol. The molecular formula is C20H32O. The zero-order valence-corrected chi connectivity index (χ0v) is 14.6. The van der Waals surface area contributed by atoms with Crippen LogP contribution in [0.15, 0.2) is 0 Å². The molecule has 0 saturated heterocycles. The molecule has 1 heteroatoms. The van der Waals surface area contributed by atoms with Crippen LogP contribution in [0, 0.1) is 40.5 Å². The number of hydrogen-bond acceptors (Lipinski definition) is 1. The van der Waals surface area contributed by atoms with Gasteiger partial charge in [-0.3, -0.25) is 0 Å². The normalized spacial score (nSPS) is 19.1. The summed E-state index contributed by atoms with van der Waals surface area (Å²) in [5.41, 5.74) is 7.95. The Labute approximate surface area is 130 Å². The number of benzene rings is 1. The molecule has 2 rings (SSSR count). The minimum atomic E-state index is -0.277. The Morgan fingerprint density at radius 3 is 1.52 bits per heavy atom. The van der Waals surface area contributed by atoms with Gasteiger partial charge in [-0.15, -0.1) is 0 Å². The van der Waals surface area contributed by atoms with Gasteiger partial charge in [0.15, 0.2) is 0 Å². The molecule has 1 N–H and O–H groups in total. The van der Waals surface area contributed by atoms with Crippen molar-refractivity contribution in [3.05, 3.63) is 33.4 Å². The second-order valence-electron chi connectivity index (χ2n) is 7.09. The van der Waals surface area contributed by atoms with E-state index in [4.69, 9.17) is 0 Å². The van der Waals surface area contributed by atoms with Crippen LogP contribution >= 0.6 is 0 Å². The lowest BCUT2D eigenvalue weighted by atomic mass is 9.79. The summed E-state index contributed by atoms with van der Waals surface area (Å²) in [5.74, 6) is 0.448. The fourth-order valence-electron chi connectivity index (χ4n) is 4.01. The molecular weight excluding hydrogens is 256 g/mol. The van der Waals surface area contributed by atoms with Gasteiger partial charge >= 0.3 is 0 Å². The number of aliphatic hydroxyl groups is 1. The summed E-state index contributed by atoms with van der Waals surface area (Å²) in [6.45, 7) is 11.0. The lowest BCUT2D eigenvalue weighted by molar-refractivity contribution is 0.0900. The van der Waals surface area contributed by atoms with Crippen molar-refractivity contribution in [3.63, 3.8) is 0 Å². The van der Waals surface area contributed by atoms with Gasteiger partial charge in [0, 0.05) is 0 Å². The summed E-state index contributed by atoms with van der Waals surface area (Å²) in [4.78, 5) is 0. The number of rotatable bonds is 2. The first-order chi connectivity index (χ1) is 9.95. The lowest BCUT2D eigenvalue weighted by Gasteiger charge is -2.29. The molecule has 1 aliphatic rings. The minimum Gasteiger partial charge on any atom is -0.388 e. The fourth-order valence-corrected chi connectivity index (χ4v) is 4.01. The van der Waals surface area contributed by atoms with Crippen LogP contribution in [-0.4, -0.2) is 5.11 Å². The molecule has 118 valence electrons. The van der Waals surface area contributed by atoms with E-state index in [9.17, 15) is 5.11 Å². The van der Waals surface area contributed by atoms with Crippen LogP contribution in [0.2, 0.25) is 0 Å². The Hall–Kier alpha value is -0.820. The third kappa shape index (κ3) is 3.34. The molecule has 1 fully saturated rings. The van der Waals surface area contributed by atoms with Crippen molar-refractivity contribution in [1.82, 2.24) is 0 Å². The van der Waals surface area contributed by atoms with E-state index in [0.717, 1.165) is 0 Å². The van der Waals surface area contributed by atoms with Gasteiger partial charge in [-0.25, -0.2) is 0 Å². The van der Waals surface area contributed by atoms with Gasteiger partial charge in [-0.1, -0.05) is 32.1 Å². The molecule has 1 saturated carbocycles. The van der Waals surface area contributed by atoms with Gasteiger partial charge in [-0.2, -0.15) is 0 Å². The van der Waals surface area contributed by atoms with Gasteiger partial charge in [0.1, 0.15) is 0 Å². The molecule has 21 heavy (non-hydrogen) atoms. The summed E-state index contributed by atoms with van der Waals surface area (Å²) in [6, 6.07) is 0. The first-order valence-electron chi connectivity index (χ1n) is 8.70. The standard InChI is InChI=1S/C20H32O/c1-13-14(2)16(4)19(17(5)15(13)3)20(21)18-11-9-7-6-8-10-12-18/h18,20-21H,6-12H2,1-5H3. The van der Waals surface area contributed by atoms with E-state index < -0.39 is 0 Å². The largest absolute Gasteiger partial charge is 0.388 e. The summed E-state index contributed by atoms with van der Waals surface area (Å²) in [6.07, 6.45) is 8.72. The van der Waals surface area contributed by atoms with Crippen LogP contribution < -0.4 is 0 Å². The Morgan fingerprint density at radius 1 is 0.667 bits per heavy atom. The first-order valence-corrected chi connectivity index (χ1v) is 8.70. The maximum absolute atomic E-state index is 11.1. The minimum absolute atomic E-state index is 0.277. The molecule has 1 unspecified atom stereocenters. The van der Waals surface area contributed by atoms with Crippen molar-refractivity contribution >= 4 is 0 Å². The quantitative estimate of drug-likeness (QED) is 0.748. The Morgan fingerprint density at radius 2 is 1.05 bits per heavy atom. The van der Waals surface area contributed by atoms with E-state index in [2.05, 4.69) is 34.6 Å². The summed E-state index contributed by atoms with van der Waals surface area (Å²) < 4.78 is 0. The summed E-state index contributed by atoms with van der Waals surface area (Å²) in [5, 5.41) is 11.1. The van der Waals surface area contributed by atoms with E-state index in [1.54, 1.807) is 0 Å². The summed E-state index contributed by atoms with van der Waals surface area (Å²) >= 11 is 0. The topological polar surface area (TPSA) is 20.2 Å². The molecule has 1 nitrogen and oxygen atoms in total. The third-order valence-electron chi connectivity index (χ3n) is 5.95. The molecule has 0 bridgehead atoms. The summed E-state index contributed by atoms with van der Waals surface area (Å²) in [7, 11) is 0. The highest BCUT2D eigenvalue weighted by Gasteiger charge is 2.26. The van der Waals surface area contributed by atoms with Crippen molar-refractivity contribution in [2.45, 2.75) is 85.7 Å². The monoisotopic (exact) mass is 288 g/mol. The zero-order valence-electron chi connectivity index (χ0n) is 14.6. The van der Waals surface area contributed by atoms with E-state index in [1.807, 2.05) is 0 Å². The van der Waals surface area contributed by atoms with Crippen molar-refractivity contribution in [2.75, 3.05) is 0 Å². The predicted octanol–water partition coefficient (Wildman–Crippen LogP) is 5.62. The molecule has 1 aromatic rings. The van der Waals surface area contributed by atoms with Crippen molar-refractivity contribution < 1.29 is 5.11 Å². The number of hydrogen-bond donors (Lipinski definition) is 1. The Balaban J connectivity index is 2.35. The third-order valence-corrected chi connectivity index (χ3v) is 5.95. The molecule has 0 aromatic heterocycles. The van der Waals surface area contributed by atoms with Crippen molar-refractivity contribution in [2.24, 2.45) is 5.92 Å². The van der Waals surface area contributed by atoms with Crippen LogP contribution in [0.4, 0.5) is 0 Å². The number of aliphatic hydroxyl groups excluding tert-OH is 1. The van der Waals surface area contributed by atoms with Gasteiger partial charge in [0.25, 0.3) is 0 Å². The Kier molecular flexibility index (Phi) is 5.48. The van der Waals surface area contributed by atoms with Gasteiger partial charge in [0.05, 0.1) is 6.10 Å². The highest BCUT2D eigenvalue weighted by atomic mass is 16.3. The fraction of sp³-hybridized carbons (Fsp3) is 0.700. The van der Waals surface area contributed by atoms with Crippen LogP contribution in [0.3, 0.4) is 0 Å². The van der Waals surface area contributed by atoms with Crippen LogP contribution in [0.1, 0.15) is 84.4 Å². The SMILES string of the molecule is Cc1c(C)c(C)c(C(O)C2CCCCCCC2)c(C)c1C. The van der Waals surface area contributed by atoms with Crippen LogP contribution in [-0.2, 0) is 0 Å². The average Bonchev–Trinajstić information content (AvgIpc) is 2.43. The first kappa shape index (κ1) is 16.5. The molecule has 0 radical (unpaired) electrons. The van der Waals surface area contributed by atoms with Gasteiger partial charge < -0.3 is 5.11 Å². The highest BCUT2D eigenvalue weighted by molar-refractivity contribution is 5.50. The van der Waals surface area contributed by atoms with Gasteiger partial charge in [0.2, 0.25) is 0 Å². The second kappa shape index (κ2) is 6.96. The molecule has 1 atom stereocenters. The second-order valence-corrected chi connectivity index (χ2v) is 7.09.